The number of esters is 1. The molecule has 0 fully saturated rings. The molecule has 0 saturated heterocycles. The maximum atomic E-state index is 10.8. The van der Waals surface area contributed by atoms with Crippen molar-refractivity contribution in [2.75, 3.05) is 5.33 Å². The van der Waals surface area contributed by atoms with E-state index >= 15 is 0 Å². The van der Waals surface area contributed by atoms with Crippen LogP contribution in [0.1, 0.15) is 52.4 Å². The number of rotatable bonds is 8. The topological polar surface area (TPSA) is 26.3 Å². The minimum atomic E-state index is -0.152. The predicted octanol–water partition coefficient (Wildman–Crippen LogP) is 3.67. The fourth-order valence-corrected chi connectivity index (χ4v) is 1.75. The van der Waals surface area contributed by atoms with Crippen molar-refractivity contribution in [2.24, 2.45) is 0 Å². The normalized spacial score (nSPS) is 12.5. The molecule has 0 saturated carbocycles. The van der Waals surface area contributed by atoms with Crippen molar-refractivity contribution in [3.63, 3.8) is 0 Å². The second-order valence-electron chi connectivity index (χ2n) is 3.56. The van der Waals surface area contributed by atoms with Crippen LogP contribution in [0.3, 0.4) is 0 Å². The molecule has 14 heavy (non-hydrogen) atoms. The molecular formula is C11H21BrO2. The lowest BCUT2D eigenvalue weighted by atomic mass is 10.1. The van der Waals surface area contributed by atoms with Gasteiger partial charge in [0, 0.05) is 12.3 Å². The Morgan fingerprint density at radius 3 is 2.43 bits per heavy atom. The molecule has 0 amide bonds. The number of carbonyl (C=O) groups excluding carboxylic acids is 1. The van der Waals surface area contributed by atoms with Gasteiger partial charge >= 0.3 is 5.97 Å². The smallest absolute Gasteiger partial charge is 0.302 e. The minimum Gasteiger partial charge on any atom is -0.463 e. The summed E-state index contributed by atoms with van der Waals surface area (Å²) in [6.07, 6.45) is 6.81. The maximum absolute atomic E-state index is 10.8. The van der Waals surface area contributed by atoms with E-state index in [0.29, 0.717) is 0 Å². The highest BCUT2D eigenvalue weighted by Gasteiger charge is 2.10. The molecule has 0 aromatic rings. The summed E-state index contributed by atoms with van der Waals surface area (Å²) in [4.78, 5) is 10.8. The molecule has 0 aromatic carbocycles. The Morgan fingerprint density at radius 2 is 1.93 bits per heavy atom. The fraction of sp³-hybridized carbons (Fsp3) is 0.909. The molecule has 0 N–H and O–H groups in total. The van der Waals surface area contributed by atoms with Crippen molar-refractivity contribution >= 4 is 21.9 Å². The van der Waals surface area contributed by atoms with Crippen molar-refractivity contribution in [1.82, 2.24) is 0 Å². The molecule has 0 heterocycles. The Kier molecular flexibility index (Phi) is 9.47. The number of alkyl halides is 1. The zero-order chi connectivity index (χ0) is 10.8. The van der Waals surface area contributed by atoms with Crippen LogP contribution in [0.15, 0.2) is 0 Å². The first-order valence-corrected chi connectivity index (χ1v) is 6.56. The van der Waals surface area contributed by atoms with E-state index < -0.39 is 0 Å². The van der Waals surface area contributed by atoms with Gasteiger partial charge in [-0.1, -0.05) is 35.7 Å². The number of halogens is 1. The van der Waals surface area contributed by atoms with Gasteiger partial charge in [-0.25, -0.2) is 0 Å². The summed E-state index contributed by atoms with van der Waals surface area (Å²) < 4.78 is 5.24. The highest BCUT2D eigenvalue weighted by Crippen LogP contribution is 2.13. The van der Waals surface area contributed by atoms with Gasteiger partial charge < -0.3 is 4.74 Å². The van der Waals surface area contributed by atoms with E-state index in [1.165, 1.54) is 19.8 Å². The van der Waals surface area contributed by atoms with Gasteiger partial charge in [-0.15, -0.1) is 0 Å². The first-order valence-electron chi connectivity index (χ1n) is 5.43. The summed E-state index contributed by atoms with van der Waals surface area (Å²) in [5.41, 5.74) is 0. The highest BCUT2D eigenvalue weighted by atomic mass is 79.9. The minimum absolute atomic E-state index is 0.136. The molecule has 0 radical (unpaired) electrons. The third-order valence-electron chi connectivity index (χ3n) is 2.12. The molecule has 0 unspecified atom stereocenters. The first-order chi connectivity index (χ1) is 6.70. The van der Waals surface area contributed by atoms with Crippen molar-refractivity contribution in [3.05, 3.63) is 0 Å². The molecule has 0 aliphatic carbocycles. The van der Waals surface area contributed by atoms with E-state index in [9.17, 15) is 4.79 Å². The van der Waals surface area contributed by atoms with Gasteiger partial charge in [-0.3, -0.25) is 4.79 Å². The van der Waals surface area contributed by atoms with E-state index in [2.05, 4.69) is 22.9 Å². The van der Waals surface area contributed by atoms with Crippen LogP contribution in [0.2, 0.25) is 0 Å². The second-order valence-corrected chi connectivity index (χ2v) is 4.35. The summed E-state index contributed by atoms with van der Waals surface area (Å²) in [5, 5.41) is 0.985. The van der Waals surface area contributed by atoms with Gasteiger partial charge in [0.1, 0.15) is 6.10 Å². The van der Waals surface area contributed by atoms with Gasteiger partial charge in [0.2, 0.25) is 0 Å². The molecule has 3 heteroatoms. The standard InChI is InChI=1S/C11H21BrO2/c1-3-4-5-7-11(8-6-9-12)14-10(2)13/h11H,3-9H2,1-2H3/t11-/m0/s1. The maximum Gasteiger partial charge on any atom is 0.302 e. The van der Waals surface area contributed by atoms with E-state index in [1.807, 2.05) is 0 Å². The lowest BCUT2D eigenvalue weighted by Gasteiger charge is -2.16. The van der Waals surface area contributed by atoms with Gasteiger partial charge in [-0.05, 0) is 25.7 Å². The molecule has 0 spiro atoms. The van der Waals surface area contributed by atoms with Crippen LogP contribution in [-0.2, 0) is 9.53 Å². The largest absolute Gasteiger partial charge is 0.463 e. The van der Waals surface area contributed by atoms with Crippen LogP contribution in [-0.4, -0.2) is 17.4 Å². The predicted molar refractivity (Wildman–Crippen MR) is 62.7 cm³/mol. The molecule has 2 nitrogen and oxygen atoms in total. The number of ether oxygens (including phenoxy) is 1. The summed E-state index contributed by atoms with van der Waals surface area (Å²) in [5.74, 6) is -0.152. The van der Waals surface area contributed by atoms with Gasteiger partial charge in [0.25, 0.3) is 0 Å². The lowest BCUT2D eigenvalue weighted by molar-refractivity contribution is -0.147. The monoisotopic (exact) mass is 264 g/mol. The van der Waals surface area contributed by atoms with Crippen molar-refractivity contribution in [2.45, 2.75) is 58.5 Å². The van der Waals surface area contributed by atoms with E-state index in [4.69, 9.17) is 4.74 Å². The lowest BCUT2D eigenvalue weighted by Crippen LogP contribution is -2.16. The zero-order valence-corrected chi connectivity index (χ0v) is 10.8. The van der Waals surface area contributed by atoms with E-state index in [1.54, 1.807) is 0 Å². The number of unbranched alkanes of at least 4 members (excludes halogenated alkanes) is 2. The average molecular weight is 265 g/mol. The van der Waals surface area contributed by atoms with E-state index in [-0.39, 0.29) is 12.1 Å². The Morgan fingerprint density at radius 1 is 1.29 bits per heavy atom. The Hall–Kier alpha value is -0.0500. The van der Waals surface area contributed by atoms with Gasteiger partial charge in [0.05, 0.1) is 0 Å². The van der Waals surface area contributed by atoms with Crippen LogP contribution in [0.25, 0.3) is 0 Å². The molecule has 0 aliphatic rings. The van der Waals surface area contributed by atoms with E-state index in [0.717, 1.165) is 31.0 Å². The molecular weight excluding hydrogens is 244 g/mol. The second kappa shape index (κ2) is 9.50. The quantitative estimate of drug-likeness (QED) is 0.380. The van der Waals surface area contributed by atoms with Crippen LogP contribution in [0.4, 0.5) is 0 Å². The van der Waals surface area contributed by atoms with Crippen LogP contribution in [0, 0.1) is 0 Å². The number of carbonyl (C=O) groups is 1. The summed E-state index contributed by atoms with van der Waals surface area (Å²) in [6.45, 7) is 3.67. The Balaban J connectivity index is 3.66. The molecule has 0 aromatic heterocycles. The van der Waals surface area contributed by atoms with Crippen LogP contribution in [0.5, 0.6) is 0 Å². The highest BCUT2D eigenvalue weighted by molar-refractivity contribution is 9.09. The number of hydrogen-bond acceptors (Lipinski definition) is 2. The summed E-state index contributed by atoms with van der Waals surface area (Å²) in [7, 11) is 0. The molecule has 0 aliphatic heterocycles. The van der Waals surface area contributed by atoms with Crippen molar-refractivity contribution < 1.29 is 9.53 Å². The molecule has 0 bridgehead atoms. The van der Waals surface area contributed by atoms with Crippen molar-refractivity contribution in [3.8, 4) is 0 Å². The van der Waals surface area contributed by atoms with Crippen LogP contribution >= 0.6 is 15.9 Å². The van der Waals surface area contributed by atoms with Gasteiger partial charge in [-0.2, -0.15) is 0 Å². The molecule has 84 valence electrons. The van der Waals surface area contributed by atoms with Gasteiger partial charge in [0.15, 0.2) is 0 Å². The average Bonchev–Trinajstić information content (AvgIpc) is 2.13. The molecule has 0 rings (SSSR count). The molecule has 1 atom stereocenters. The summed E-state index contributed by atoms with van der Waals surface area (Å²) in [6, 6.07) is 0. The Bertz CT molecular complexity index is 148. The Labute approximate surface area is 95.5 Å². The zero-order valence-electron chi connectivity index (χ0n) is 9.22. The first kappa shape index (κ1) is 13.9. The summed E-state index contributed by atoms with van der Waals surface area (Å²) >= 11 is 3.39. The SMILES string of the molecule is CCCCC[C@@H](CCCBr)OC(C)=O. The third-order valence-corrected chi connectivity index (χ3v) is 2.68. The van der Waals surface area contributed by atoms with Crippen molar-refractivity contribution in [1.29, 1.82) is 0 Å². The number of hydrogen-bond donors (Lipinski definition) is 0. The third kappa shape index (κ3) is 8.54. The van der Waals surface area contributed by atoms with Crippen LogP contribution < -0.4 is 0 Å². The fourth-order valence-electron chi connectivity index (χ4n) is 1.42.